The summed E-state index contributed by atoms with van der Waals surface area (Å²) >= 11 is 6.01. The van der Waals surface area contributed by atoms with Crippen molar-refractivity contribution >= 4 is 22.6 Å². The fraction of sp³-hybridized carbons (Fsp3) is 0.533. The maximum atomic E-state index is 6.01. The molecular weight excluding hydrogens is 244 g/mol. The predicted molar refractivity (Wildman–Crippen MR) is 78.1 cm³/mol. The van der Waals surface area contributed by atoms with E-state index < -0.39 is 0 Å². The van der Waals surface area contributed by atoms with Crippen molar-refractivity contribution in [3.63, 3.8) is 0 Å². The van der Waals surface area contributed by atoms with Gasteiger partial charge in [-0.25, -0.2) is 4.98 Å². The summed E-state index contributed by atoms with van der Waals surface area (Å²) in [5, 5.41) is 0. The molecule has 0 N–H and O–H groups in total. The Balaban J connectivity index is 2.42. The van der Waals surface area contributed by atoms with Crippen molar-refractivity contribution in [1.82, 2.24) is 9.55 Å². The van der Waals surface area contributed by atoms with Crippen LogP contribution in [-0.4, -0.2) is 9.55 Å². The molecule has 0 aliphatic heterocycles. The van der Waals surface area contributed by atoms with Crippen molar-refractivity contribution in [2.45, 2.75) is 46.0 Å². The number of hydrogen-bond donors (Lipinski definition) is 0. The van der Waals surface area contributed by atoms with Crippen LogP contribution in [-0.2, 0) is 18.8 Å². The van der Waals surface area contributed by atoms with E-state index in [0.717, 1.165) is 30.7 Å². The van der Waals surface area contributed by atoms with Crippen LogP contribution in [0, 0.1) is 5.92 Å². The number of aryl methyl sites for hydroxylation is 2. The van der Waals surface area contributed by atoms with Crippen LogP contribution in [0.2, 0.25) is 0 Å². The Morgan fingerprint density at radius 2 is 2.11 bits per heavy atom. The number of benzene rings is 1. The molecule has 2 rings (SSSR count). The molecule has 0 atom stereocenters. The molecule has 2 nitrogen and oxygen atoms in total. The van der Waals surface area contributed by atoms with E-state index in [4.69, 9.17) is 11.6 Å². The van der Waals surface area contributed by atoms with Gasteiger partial charge in [-0.1, -0.05) is 26.8 Å². The smallest absolute Gasteiger partial charge is 0.124 e. The van der Waals surface area contributed by atoms with E-state index in [1.807, 2.05) is 0 Å². The minimum absolute atomic E-state index is 0.480. The van der Waals surface area contributed by atoms with Gasteiger partial charge in [0.1, 0.15) is 5.82 Å². The predicted octanol–water partition coefficient (Wildman–Crippen LogP) is 4.38. The lowest BCUT2D eigenvalue weighted by Crippen LogP contribution is -2.05. The van der Waals surface area contributed by atoms with E-state index in [1.54, 1.807) is 0 Å². The molecule has 0 spiro atoms. The van der Waals surface area contributed by atoms with Gasteiger partial charge in [-0.3, -0.25) is 0 Å². The summed E-state index contributed by atoms with van der Waals surface area (Å²) in [5.41, 5.74) is 3.62. The van der Waals surface area contributed by atoms with Gasteiger partial charge >= 0.3 is 0 Å². The average Bonchev–Trinajstić information content (AvgIpc) is 2.72. The lowest BCUT2D eigenvalue weighted by molar-refractivity contribution is 0.516. The topological polar surface area (TPSA) is 17.8 Å². The zero-order chi connectivity index (χ0) is 13.1. The minimum atomic E-state index is 0.480. The van der Waals surface area contributed by atoms with Crippen LogP contribution in [0.4, 0.5) is 0 Å². The van der Waals surface area contributed by atoms with Gasteiger partial charge in [-0.05, 0) is 36.5 Å². The van der Waals surface area contributed by atoms with Gasteiger partial charge in [0.25, 0.3) is 0 Å². The van der Waals surface area contributed by atoms with Gasteiger partial charge in [-0.15, -0.1) is 11.6 Å². The van der Waals surface area contributed by atoms with Crippen LogP contribution >= 0.6 is 11.6 Å². The first-order valence-electron chi connectivity index (χ1n) is 6.69. The molecule has 0 saturated heterocycles. The molecule has 1 aromatic heterocycles. The Kier molecular flexibility index (Phi) is 4.28. The van der Waals surface area contributed by atoms with E-state index >= 15 is 0 Å². The van der Waals surface area contributed by atoms with Gasteiger partial charge < -0.3 is 4.57 Å². The molecule has 0 radical (unpaired) electrons. The fourth-order valence-electron chi connectivity index (χ4n) is 2.18. The lowest BCUT2D eigenvalue weighted by Gasteiger charge is -2.09. The Morgan fingerprint density at radius 1 is 1.33 bits per heavy atom. The van der Waals surface area contributed by atoms with Gasteiger partial charge in [0.05, 0.1) is 16.9 Å². The SMILES string of the molecule is CCc1ccc2c(c1)nc(CCl)n2CCC(C)C. The van der Waals surface area contributed by atoms with Gasteiger partial charge in [0, 0.05) is 6.54 Å². The molecule has 0 aliphatic rings. The standard InChI is InChI=1S/C15H21ClN2/c1-4-12-5-6-14-13(9-12)17-15(10-16)18(14)8-7-11(2)3/h5-6,9,11H,4,7-8,10H2,1-3H3. The highest BCUT2D eigenvalue weighted by Crippen LogP contribution is 2.20. The number of nitrogens with zero attached hydrogens (tertiary/aromatic N) is 2. The highest BCUT2D eigenvalue weighted by molar-refractivity contribution is 6.16. The molecule has 2 aromatic rings. The quantitative estimate of drug-likeness (QED) is 0.733. The molecule has 98 valence electrons. The Hall–Kier alpha value is -1.02. The molecule has 0 amide bonds. The highest BCUT2D eigenvalue weighted by Gasteiger charge is 2.10. The molecule has 1 heterocycles. The highest BCUT2D eigenvalue weighted by atomic mass is 35.5. The van der Waals surface area contributed by atoms with Crippen molar-refractivity contribution in [2.24, 2.45) is 5.92 Å². The third-order valence-electron chi connectivity index (χ3n) is 3.35. The number of hydrogen-bond acceptors (Lipinski definition) is 1. The Morgan fingerprint density at radius 3 is 2.72 bits per heavy atom. The van der Waals surface area contributed by atoms with Crippen molar-refractivity contribution in [3.05, 3.63) is 29.6 Å². The number of alkyl halides is 1. The third-order valence-corrected chi connectivity index (χ3v) is 3.59. The van der Waals surface area contributed by atoms with Crippen LogP contribution in [0.5, 0.6) is 0 Å². The van der Waals surface area contributed by atoms with Gasteiger partial charge in [-0.2, -0.15) is 0 Å². The molecule has 0 unspecified atom stereocenters. The van der Waals surface area contributed by atoms with Crippen LogP contribution in [0.1, 0.15) is 38.6 Å². The van der Waals surface area contributed by atoms with E-state index in [1.165, 1.54) is 11.1 Å². The largest absolute Gasteiger partial charge is 0.327 e. The summed E-state index contributed by atoms with van der Waals surface area (Å²) in [6, 6.07) is 6.54. The minimum Gasteiger partial charge on any atom is -0.327 e. The van der Waals surface area contributed by atoms with Gasteiger partial charge in [0.15, 0.2) is 0 Å². The van der Waals surface area contributed by atoms with Crippen molar-refractivity contribution < 1.29 is 0 Å². The zero-order valence-electron chi connectivity index (χ0n) is 11.4. The lowest BCUT2D eigenvalue weighted by atomic mass is 10.1. The Labute approximate surface area is 114 Å². The first-order valence-corrected chi connectivity index (χ1v) is 7.23. The van der Waals surface area contributed by atoms with Crippen LogP contribution in [0.15, 0.2) is 18.2 Å². The number of fused-ring (bicyclic) bond motifs is 1. The van der Waals surface area contributed by atoms with Crippen LogP contribution in [0.25, 0.3) is 11.0 Å². The van der Waals surface area contributed by atoms with E-state index in [2.05, 4.69) is 48.5 Å². The average molecular weight is 265 g/mol. The van der Waals surface area contributed by atoms with E-state index in [0.29, 0.717) is 11.8 Å². The third kappa shape index (κ3) is 2.69. The first-order chi connectivity index (χ1) is 8.65. The summed E-state index contributed by atoms with van der Waals surface area (Å²) in [4.78, 5) is 4.65. The second-order valence-corrected chi connectivity index (χ2v) is 5.44. The molecular formula is C15H21ClN2. The van der Waals surface area contributed by atoms with Crippen LogP contribution < -0.4 is 0 Å². The maximum Gasteiger partial charge on any atom is 0.124 e. The van der Waals surface area contributed by atoms with Crippen LogP contribution in [0.3, 0.4) is 0 Å². The fourth-order valence-corrected chi connectivity index (χ4v) is 2.39. The zero-order valence-corrected chi connectivity index (χ0v) is 12.2. The molecule has 0 saturated carbocycles. The summed E-state index contributed by atoms with van der Waals surface area (Å²) in [7, 11) is 0. The second kappa shape index (κ2) is 5.75. The molecule has 0 aliphatic carbocycles. The summed E-state index contributed by atoms with van der Waals surface area (Å²) in [5.74, 6) is 2.16. The summed E-state index contributed by atoms with van der Waals surface area (Å²) < 4.78 is 2.27. The Bertz CT molecular complexity index is 529. The number of rotatable bonds is 5. The normalized spacial score (nSPS) is 11.6. The number of aromatic nitrogens is 2. The summed E-state index contributed by atoms with van der Waals surface area (Å²) in [6.45, 7) is 7.66. The molecule has 1 aromatic carbocycles. The van der Waals surface area contributed by atoms with E-state index in [9.17, 15) is 0 Å². The van der Waals surface area contributed by atoms with Crippen molar-refractivity contribution in [3.8, 4) is 0 Å². The number of imidazole rings is 1. The monoisotopic (exact) mass is 264 g/mol. The van der Waals surface area contributed by atoms with E-state index in [-0.39, 0.29) is 0 Å². The molecule has 3 heteroatoms. The molecule has 0 bridgehead atoms. The summed E-state index contributed by atoms with van der Waals surface area (Å²) in [6.07, 6.45) is 2.20. The first kappa shape index (κ1) is 13.4. The molecule has 18 heavy (non-hydrogen) atoms. The maximum absolute atomic E-state index is 6.01. The van der Waals surface area contributed by atoms with Crippen molar-refractivity contribution in [1.29, 1.82) is 0 Å². The van der Waals surface area contributed by atoms with Crippen molar-refractivity contribution in [2.75, 3.05) is 0 Å². The number of halogens is 1. The second-order valence-electron chi connectivity index (χ2n) is 5.17. The molecule has 0 fully saturated rings. The van der Waals surface area contributed by atoms with Gasteiger partial charge in [0.2, 0.25) is 0 Å².